The quantitative estimate of drug-likeness (QED) is 0.183. The molecular weight excluding hydrogens is 595 g/mol. The number of benzene rings is 4. The molecule has 0 heterocycles. The zero-order valence-corrected chi connectivity index (χ0v) is 28.4. The van der Waals surface area contributed by atoms with Gasteiger partial charge in [0.25, 0.3) is 10.0 Å². The number of hydrogen-bond donors (Lipinski definition) is 1. The van der Waals surface area contributed by atoms with Crippen LogP contribution in [-0.4, -0.2) is 43.3 Å². The zero-order chi connectivity index (χ0) is 33.5. The van der Waals surface area contributed by atoms with Gasteiger partial charge in [-0.2, -0.15) is 0 Å². The minimum atomic E-state index is -4.15. The van der Waals surface area contributed by atoms with E-state index in [1.165, 1.54) is 17.0 Å². The number of nitrogens with one attached hydrogen (secondary N) is 1. The Hall–Kier alpha value is -4.43. The van der Waals surface area contributed by atoms with E-state index < -0.39 is 34.1 Å². The molecule has 0 radical (unpaired) electrons. The van der Waals surface area contributed by atoms with Crippen molar-refractivity contribution in [3.8, 4) is 0 Å². The van der Waals surface area contributed by atoms with Crippen molar-refractivity contribution in [2.45, 2.75) is 76.9 Å². The van der Waals surface area contributed by atoms with E-state index in [0.29, 0.717) is 5.69 Å². The zero-order valence-electron chi connectivity index (χ0n) is 27.6. The Labute approximate surface area is 274 Å². The van der Waals surface area contributed by atoms with E-state index in [-0.39, 0.29) is 29.7 Å². The second-order valence-electron chi connectivity index (χ2n) is 13.0. The monoisotopic (exact) mass is 639 g/mol. The topological polar surface area (TPSA) is 86.8 Å². The van der Waals surface area contributed by atoms with E-state index in [1.54, 1.807) is 30.3 Å². The van der Waals surface area contributed by atoms with Crippen LogP contribution in [0.2, 0.25) is 0 Å². The molecule has 1 atom stereocenters. The van der Waals surface area contributed by atoms with Crippen LogP contribution >= 0.6 is 0 Å². The molecule has 1 N–H and O–H groups in total. The average Bonchev–Trinajstić information content (AvgIpc) is 3.02. The standard InChI is InChI=1S/C38H45N3O4S/c1-28(2)31-21-23-33(24-22-31)41(46(44,45)34-19-11-8-12-20-34)27-36(42)40(26-32-18-14-13-15-29(32)3)35(37(43)39-38(4,5)6)25-30-16-9-7-10-17-30/h7-24,28,35H,25-27H2,1-6H3,(H,39,43). The molecule has 0 fully saturated rings. The molecule has 2 amide bonds. The first-order valence-corrected chi connectivity index (χ1v) is 17.1. The predicted octanol–water partition coefficient (Wildman–Crippen LogP) is 6.87. The molecular formula is C38H45N3O4S. The van der Waals surface area contributed by atoms with Crippen LogP contribution in [0.3, 0.4) is 0 Å². The number of carbonyl (C=O) groups excluding carboxylic acids is 2. The van der Waals surface area contributed by atoms with Gasteiger partial charge in [-0.3, -0.25) is 13.9 Å². The van der Waals surface area contributed by atoms with Gasteiger partial charge in [0.2, 0.25) is 11.8 Å². The van der Waals surface area contributed by atoms with Crippen molar-refractivity contribution in [2.75, 3.05) is 10.8 Å². The van der Waals surface area contributed by atoms with Crippen LogP contribution in [0.25, 0.3) is 0 Å². The summed E-state index contributed by atoms with van der Waals surface area (Å²) >= 11 is 0. The van der Waals surface area contributed by atoms with Crippen LogP contribution < -0.4 is 9.62 Å². The first kappa shape index (κ1) is 34.4. The largest absolute Gasteiger partial charge is 0.350 e. The molecule has 0 aliphatic rings. The Balaban J connectivity index is 1.83. The molecule has 0 spiro atoms. The Kier molecular flexibility index (Phi) is 11.1. The molecule has 4 rings (SSSR count). The van der Waals surface area contributed by atoms with Crippen LogP contribution in [-0.2, 0) is 32.6 Å². The first-order chi connectivity index (χ1) is 21.8. The van der Waals surface area contributed by atoms with Crippen LogP contribution in [0.5, 0.6) is 0 Å². The van der Waals surface area contributed by atoms with Crippen molar-refractivity contribution in [1.82, 2.24) is 10.2 Å². The fourth-order valence-electron chi connectivity index (χ4n) is 5.25. The number of nitrogens with zero attached hydrogens (tertiary/aromatic N) is 2. The van der Waals surface area contributed by atoms with Crippen molar-refractivity contribution in [3.05, 3.63) is 131 Å². The van der Waals surface area contributed by atoms with Crippen molar-refractivity contribution < 1.29 is 18.0 Å². The van der Waals surface area contributed by atoms with Crippen LogP contribution in [0.1, 0.15) is 62.8 Å². The normalized spacial score (nSPS) is 12.4. The number of sulfonamides is 1. The van der Waals surface area contributed by atoms with Crippen molar-refractivity contribution in [3.63, 3.8) is 0 Å². The third kappa shape index (κ3) is 8.85. The number of carbonyl (C=O) groups is 2. The fourth-order valence-corrected chi connectivity index (χ4v) is 6.69. The summed E-state index contributed by atoms with van der Waals surface area (Å²) in [6.07, 6.45) is 0.259. The maximum atomic E-state index is 14.6. The van der Waals surface area contributed by atoms with Crippen LogP contribution in [0.4, 0.5) is 5.69 Å². The van der Waals surface area contributed by atoms with E-state index in [0.717, 1.165) is 26.6 Å². The van der Waals surface area contributed by atoms with Gasteiger partial charge in [0.15, 0.2) is 0 Å². The van der Waals surface area contributed by atoms with E-state index in [2.05, 4.69) is 19.2 Å². The van der Waals surface area contributed by atoms with E-state index >= 15 is 0 Å². The summed E-state index contributed by atoms with van der Waals surface area (Å²) in [6.45, 7) is 11.4. The molecule has 242 valence electrons. The van der Waals surface area contributed by atoms with Crippen LogP contribution in [0.15, 0.2) is 114 Å². The summed E-state index contributed by atoms with van der Waals surface area (Å²) in [5, 5.41) is 3.07. The minimum absolute atomic E-state index is 0.0764. The Morgan fingerprint density at radius 3 is 1.91 bits per heavy atom. The number of rotatable bonds is 12. The highest BCUT2D eigenvalue weighted by molar-refractivity contribution is 7.92. The third-order valence-corrected chi connectivity index (χ3v) is 9.62. The van der Waals surface area contributed by atoms with Gasteiger partial charge in [-0.15, -0.1) is 0 Å². The highest BCUT2D eigenvalue weighted by atomic mass is 32.2. The predicted molar refractivity (Wildman–Crippen MR) is 185 cm³/mol. The SMILES string of the molecule is Cc1ccccc1CN(C(=O)CN(c1ccc(C(C)C)cc1)S(=O)(=O)c1ccccc1)C(Cc1ccccc1)C(=O)NC(C)(C)C. The van der Waals surface area contributed by atoms with Gasteiger partial charge in [0.05, 0.1) is 10.6 Å². The second-order valence-corrected chi connectivity index (χ2v) is 14.8. The lowest BCUT2D eigenvalue weighted by atomic mass is 10.00. The van der Waals surface area contributed by atoms with Gasteiger partial charge in [-0.25, -0.2) is 8.42 Å². The van der Waals surface area contributed by atoms with E-state index in [9.17, 15) is 18.0 Å². The maximum Gasteiger partial charge on any atom is 0.264 e. The smallest absolute Gasteiger partial charge is 0.264 e. The number of hydrogen-bond acceptors (Lipinski definition) is 4. The van der Waals surface area contributed by atoms with Gasteiger partial charge in [-0.1, -0.05) is 98.8 Å². The molecule has 4 aromatic rings. The Morgan fingerprint density at radius 1 is 0.783 bits per heavy atom. The first-order valence-electron chi connectivity index (χ1n) is 15.6. The summed E-state index contributed by atoms with van der Waals surface area (Å²) in [5.41, 5.74) is 3.59. The summed E-state index contributed by atoms with van der Waals surface area (Å²) < 4.78 is 29.5. The van der Waals surface area contributed by atoms with E-state index in [4.69, 9.17) is 0 Å². The summed E-state index contributed by atoms with van der Waals surface area (Å²) in [5.74, 6) is -0.544. The molecule has 0 aliphatic heterocycles. The molecule has 0 saturated heterocycles. The molecule has 0 aromatic heterocycles. The Morgan fingerprint density at radius 2 is 1.35 bits per heavy atom. The number of aryl methyl sites for hydroxylation is 1. The summed E-state index contributed by atoms with van der Waals surface area (Å²) in [7, 11) is -4.15. The molecule has 0 aliphatic carbocycles. The second kappa shape index (κ2) is 14.8. The molecule has 0 bridgehead atoms. The third-order valence-electron chi connectivity index (χ3n) is 7.83. The van der Waals surface area contributed by atoms with Gasteiger partial charge in [0, 0.05) is 18.5 Å². The lowest BCUT2D eigenvalue weighted by Crippen LogP contribution is -2.56. The van der Waals surface area contributed by atoms with Crippen molar-refractivity contribution >= 4 is 27.5 Å². The van der Waals surface area contributed by atoms with Gasteiger partial charge in [-0.05, 0) is 80.1 Å². The molecule has 7 nitrogen and oxygen atoms in total. The lowest BCUT2D eigenvalue weighted by molar-refractivity contribution is -0.140. The summed E-state index contributed by atoms with van der Waals surface area (Å²) in [6, 6.07) is 31.7. The molecule has 8 heteroatoms. The highest BCUT2D eigenvalue weighted by Crippen LogP contribution is 2.27. The maximum absolute atomic E-state index is 14.6. The van der Waals surface area contributed by atoms with Crippen molar-refractivity contribution in [2.24, 2.45) is 0 Å². The minimum Gasteiger partial charge on any atom is -0.350 e. The number of anilines is 1. The van der Waals surface area contributed by atoms with Crippen LogP contribution in [0, 0.1) is 6.92 Å². The van der Waals surface area contributed by atoms with Gasteiger partial charge in [0.1, 0.15) is 12.6 Å². The van der Waals surface area contributed by atoms with Crippen molar-refractivity contribution in [1.29, 1.82) is 0 Å². The fraction of sp³-hybridized carbons (Fsp3) is 0.316. The molecule has 4 aromatic carbocycles. The highest BCUT2D eigenvalue weighted by Gasteiger charge is 2.35. The lowest BCUT2D eigenvalue weighted by Gasteiger charge is -2.35. The Bertz CT molecular complexity index is 1720. The molecule has 1 unspecified atom stereocenters. The molecule has 46 heavy (non-hydrogen) atoms. The summed E-state index contributed by atoms with van der Waals surface area (Å²) in [4.78, 5) is 30.3. The molecule has 0 saturated carbocycles. The van der Waals surface area contributed by atoms with E-state index in [1.807, 2.05) is 94.4 Å². The van der Waals surface area contributed by atoms with Gasteiger partial charge >= 0.3 is 0 Å². The average molecular weight is 640 g/mol. The number of amides is 2. The van der Waals surface area contributed by atoms with Gasteiger partial charge < -0.3 is 10.2 Å².